The highest BCUT2D eigenvalue weighted by Crippen LogP contribution is 2.80. The zero-order chi connectivity index (χ0) is 50.1. The van der Waals surface area contributed by atoms with Crippen LogP contribution < -0.4 is 0 Å². The minimum atomic E-state index is -1.57. The lowest BCUT2D eigenvalue weighted by Gasteiger charge is -2.70. The molecule has 0 aromatic carbocycles. The van der Waals surface area contributed by atoms with Gasteiger partial charge in [-0.15, -0.1) is 0 Å². The van der Waals surface area contributed by atoms with Crippen molar-refractivity contribution in [3.8, 4) is 0 Å². The van der Waals surface area contributed by atoms with Gasteiger partial charge in [-0.25, -0.2) is 0 Å². The monoisotopic (exact) mass is 981 g/mol. The van der Waals surface area contributed by atoms with Gasteiger partial charge in [0.05, 0.1) is 43.2 Å². The number of allylic oxidation sites excluding steroid dienone is 1. The first-order valence-corrected chi connectivity index (χ1v) is 25.5. The van der Waals surface area contributed by atoms with Crippen LogP contribution in [-0.4, -0.2) is 165 Å². The fraction of sp³-hybridized carbons (Fsp3) is 0.922. The predicted octanol–water partition coefficient (Wildman–Crippen LogP) is 3.16. The van der Waals surface area contributed by atoms with Gasteiger partial charge in [0.2, 0.25) is 0 Å². The molecule has 4 saturated carbocycles. The van der Waals surface area contributed by atoms with Gasteiger partial charge in [-0.2, -0.15) is 0 Å². The van der Waals surface area contributed by atoms with Crippen molar-refractivity contribution in [3.63, 3.8) is 0 Å². The summed E-state index contributed by atoms with van der Waals surface area (Å²) in [4.78, 5) is 24.9. The molecule has 392 valence electrons. The molecule has 0 radical (unpaired) electrons. The van der Waals surface area contributed by atoms with Gasteiger partial charge in [-0.05, 0) is 107 Å². The molecule has 0 aromatic rings. The van der Waals surface area contributed by atoms with Crippen LogP contribution in [-0.2, 0) is 57.0 Å². The first-order chi connectivity index (χ1) is 32.2. The van der Waals surface area contributed by atoms with Crippen LogP contribution in [0.1, 0.15) is 128 Å². The molecule has 5 aliphatic heterocycles. The maximum atomic E-state index is 12.6. The van der Waals surface area contributed by atoms with Crippen LogP contribution >= 0.6 is 0 Å². The largest absolute Gasteiger partial charge is 0.455 e. The van der Waals surface area contributed by atoms with Crippen LogP contribution in [0, 0.1) is 45.3 Å². The van der Waals surface area contributed by atoms with E-state index < -0.39 is 109 Å². The Morgan fingerprint density at radius 3 is 2.01 bits per heavy atom. The summed E-state index contributed by atoms with van der Waals surface area (Å²) in [5.74, 6) is -1.72. The fourth-order valence-corrected chi connectivity index (χ4v) is 16.4. The number of aliphatic hydroxyl groups excluding tert-OH is 6. The highest BCUT2D eigenvalue weighted by Gasteiger charge is 2.81. The SMILES string of the molecule is CC(=O)O[C@@H]1[C@@H](O)[C@H](C)O[C@@H](O[C@@]2(C)C[C@H](C=C(C)C)O[C@]34C[C@]5(CO3)C(CC[C@@H]3[C@@]6(C)CC[C@H](O[C@@H]7OC[C@H](O[C@@H]8O[C@@H](C)[C@H](O)[C@@H](O)[C@H]8O)[C@H](O)[C@H]7O)C(C)(C)[C@@H]6CC[C@]35C)[C@H]42)[C@@H]1OC(C)=O. The molecular formula is C51H80O18. The second-order valence-corrected chi connectivity index (χ2v) is 24.1. The van der Waals surface area contributed by atoms with Gasteiger partial charge in [-0.3, -0.25) is 9.59 Å². The number of hydrogen-bond donors (Lipinski definition) is 6. The smallest absolute Gasteiger partial charge is 0.303 e. The first kappa shape index (κ1) is 52.0. The molecule has 1 unspecified atom stereocenters. The van der Waals surface area contributed by atoms with E-state index in [9.17, 15) is 40.2 Å². The summed E-state index contributed by atoms with van der Waals surface area (Å²) >= 11 is 0. The second-order valence-electron chi connectivity index (χ2n) is 24.1. The third kappa shape index (κ3) is 8.29. The molecule has 6 N–H and O–H groups in total. The molecule has 18 heteroatoms. The highest BCUT2D eigenvalue weighted by molar-refractivity contribution is 5.67. The predicted molar refractivity (Wildman–Crippen MR) is 241 cm³/mol. The van der Waals surface area contributed by atoms with Gasteiger partial charge in [0.1, 0.15) is 42.7 Å². The van der Waals surface area contributed by atoms with Crippen LogP contribution in [0.2, 0.25) is 0 Å². The van der Waals surface area contributed by atoms with E-state index in [4.69, 9.17) is 47.4 Å². The van der Waals surface area contributed by atoms with Crippen molar-refractivity contribution in [2.75, 3.05) is 13.2 Å². The van der Waals surface area contributed by atoms with Gasteiger partial charge in [0, 0.05) is 38.0 Å². The minimum absolute atomic E-state index is 0.0820. The third-order valence-corrected chi connectivity index (χ3v) is 19.3. The molecule has 4 aliphatic carbocycles. The average Bonchev–Trinajstić information content (AvgIpc) is 3.78. The molecule has 0 amide bonds. The Hall–Kier alpha value is -1.88. The van der Waals surface area contributed by atoms with E-state index in [0.717, 1.165) is 37.7 Å². The molecule has 5 heterocycles. The molecule has 18 nitrogen and oxygen atoms in total. The maximum Gasteiger partial charge on any atom is 0.303 e. The molecule has 0 aromatic heterocycles. The lowest BCUT2D eigenvalue weighted by Crippen LogP contribution is -2.69. The maximum absolute atomic E-state index is 12.6. The highest BCUT2D eigenvalue weighted by atomic mass is 16.8. The minimum Gasteiger partial charge on any atom is -0.455 e. The Kier molecular flexibility index (Phi) is 13.7. The quantitative estimate of drug-likeness (QED) is 0.110. The van der Waals surface area contributed by atoms with Crippen LogP contribution in [0.4, 0.5) is 0 Å². The van der Waals surface area contributed by atoms with Crippen LogP contribution in [0.3, 0.4) is 0 Å². The Bertz CT molecular complexity index is 1960. The summed E-state index contributed by atoms with van der Waals surface area (Å²) in [6, 6.07) is 0. The van der Waals surface area contributed by atoms with Crippen molar-refractivity contribution in [3.05, 3.63) is 11.6 Å². The number of carbonyl (C=O) groups is 2. The molecule has 9 aliphatic rings. The van der Waals surface area contributed by atoms with E-state index in [1.165, 1.54) is 20.8 Å². The lowest BCUT2D eigenvalue weighted by molar-refractivity contribution is -0.384. The molecule has 2 spiro atoms. The standard InChI is InChI=1S/C51H80O18/c1-23(2)18-28-19-49(11,69-45-41(65-27(6)53)40(64-26(5)52)35(55)25(4)63-45)42-29-12-13-32-47(9)16-15-33(46(7,8)31(47)14-17-48(32,10)50(29)21-51(42,68-28)61-22-50)67-43-38(58)36(56)30(20-60-43)66-44-39(59)37(57)34(54)24(3)62-44/h18,24-25,28-45,54-59H,12-17,19-22H2,1-11H3/t24-,25-,28-,29?,30-,31-,32+,33-,34-,35-,36-,37+,38+,39+,40+,41+,42-,43-,44-,45-,47-,48+,49-,50-,51-/m0/s1. The van der Waals surface area contributed by atoms with E-state index in [-0.39, 0.29) is 58.2 Å². The zero-order valence-corrected chi connectivity index (χ0v) is 42.3. The summed E-state index contributed by atoms with van der Waals surface area (Å²) in [6.07, 6.45) is -9.40. The van der Waals surface area contributed by atoms with E-state index >= 15 is 0 Å². The number of ether oxygens (including phenoxy) is 10. The number of esters is 2. The average molecular weight is 981 g/mol. The molecule has 25 atom stereocenters. The Morgan fingerprint density at radius 1 is 0.681 bits per heavy atom. The van der Waals surface area contributed by atoms with Gasteiger partial charge in [0.15, 0.2) is 36.9 Å². The summed E-state index contributed by atoms with van der Waals surface area (Å²) in [6.45, 7) is 21.8. The molecule has 9 fully saturated rings. The number of aliphatic hydroxyl groups is 6. The first-order valence-electron chi connectivity index (χ1n) is 25.5. The van der Waals surface area contributed by atoms with Crippen molar-refractivity contribution in [1.29, 1.82) is 0 Å². The van der Waals surface area contributed by atoms with Crippen molar-refractivity contribution in [1.82, 2.24) is 0 Å². The molecule has 5 saturated heterocycles. The van der Waals surface area contributed by atoms with E-state index in [1.807, 2.05) is 13.8 Å². The lowest BCUT2D eigenvalue weighted by atomic mass is 9.35. The normalized spacial score (nSPS) is 54.3. The summed E-state index contributed by atoms with van der Waals surface area (Å²) in [5, 5.41) is 64.8. The van der Waals surface area contributed by atoms with Crippen molar-refractivity contribution in [2.24, 2.45) is 45.3 Å². The fourth-order valence-electron chi connectivity index (χ4n) is 16.4. The molecular weight excluding hydrogens is 901 g/mol. The number of rotatable bonds is 9. The van der Waals surface area contributed by atoms with Gasteiger partial charge >= 0.3 is 11.9 Å². The molecule has 2 bridgehead atoms. The van der Waals surface area contributed by atoms with Crippen LogP contribution in [0.25, 0.3) is 0 Å². The van der Waals surface area contributed by atoms with E-state index in [1.54, 1.807) is 6.92 Å². The van der Waals surface area contributed by atoms with Gasteiger partial charge < -0.3 is 78.0 Å². The zero-order valence-electron chi connectivity index (χ0n) is 42.3. The van der Waals surface area contributed by atoms with Crippen LogP contribution in [0.5, 0.6) is 0 Å². The number of carbonyl (C=O) groups excluding carboxylic acids is 2. The van der Waals surface area contributed by atoms with Crippen molar-refractivity contribution < 1.29 is 87.6 Å². The van der Waals surface area contributed by atoms with Crippen LogP contribution in [0.15, 0.2) is 11.6 Å². The topological polar surface area (TPSA) is 248 Å². The summed E-state index contributed by atoms with van der Waals surface area (Å²) < 4.78 is 63.5. The van der Waals surface area contributed by atoms with Crippen molar-refractivity contribution in [2.45, 2.75) is 237 Å². The second kappa shape index (κ2) is 18.2. The third-order valence-electron chi connectivity index (χ3n) is 19.3. The Balaban J connectivity index is 0.945. The van der Waals surface area contributed by atoms with E-state index in [2.05, 4.69) is 40.7 Å². The molecule has 9 rings (SSSR count). The summed E-state index contributed by atoms with van der Waals surface area (Å²) in [7, 11) is 0. The number of fused-ring (bicyclic) bond motifs is 4. The van der Waals surface area contributed by atoms with E-state index in [0.29, 0.717) is 31.8 Å². The Morgan fingerprint density at radius 2 is 1.33 bits per heavy atom. The number of hydrogen-bond acceptors (Lipinski definition) is 18. The van der Waals surface area contributed by atoms with Crippen molar-refractivity contribution >= 4 is 11.9 Å². The Labute approximate surface area is 405 Å². The van der Waals surface area contributed by atoms with Gasteiger partial charge in [-0.1, -0.05) is 39.3 Å². The summed E-state index contributed by atoms with van der Waals surface area (Å²) in [5.41, 5.74) is -0.688. The molecule has 69 heavy (non-hydrogen) atoms. The van der Waals surface area contributed by atoms with Gasteiger partial charge in [0.25, 0.3) is 0 Å².